The van der Waals surface area contributed by atoms with Crippen LogP contribution in [0.15, 0.2) is 54.6 Å². The molecule has 0 amide bonds. The smallest absolute Gasteiger partial charge is 0.142 e. The second-order valence-electron chi connectivity index (χ2n) is 3.61. The van der Waals surface area contributed by atoms with Gasteiger partial charge in [-0.2, -0.15) is 0 Å². The zero-order valence-corrected chi connectivity index (χ0v) is 9.02. The molecule has 15 heavy (non-hydrogen) atoms. The maximum Gasteiger partial charge on any atom is 0.142 e. The van der Waals surface area contributed by atoms with Crippen LogP contribution in [0.2, 0.25) is 0 Å². The molecule has 0 N–H and O–H groups in total. The summed E-state index contributed by atoms with van der Waals surface area (Å²) in [5.41, 5.74) is 2.37. The summed E-state index contributed by atoms with van der Waals surface area (Å²) in [5, 5.41) is 0. The van der Waals surface area contributed by atoms with Gasteiger partial charge < -0.3 is 0 Å². The molecular formula is C14H16O. The van der Waals surface area contributed by atoms with Crippen molar-refractivity contribution in [1.82, 2.24) is 0 Å². The van der Waals surface area contributed by atoms with Crippen LogP contribution in [0.4, 0.5) is 0 Å². The zero-order valence-electron chi connectivity index (χ0n) is 9.02. The predicted molar refractivity (Wildman–Crippen MR) is 63.8 cm³/mol. The molecule has 1 heteroatoms. The van der Waals surface area contributed by atoms with Crippen LogP contribution in [0.1, 0.15) is 24.8 Å². The van der Waals surface area contributed by atoms with Gasteiger partial charge in [0.15, 0.2) is 0 Å². The summed E-state index contributed by atoms with van der Waals surface area (Å²) in [6, 6.07) is 10.2. The Morgan fingerprint density at radius 2 is 2.07 bits per heavy atom. The van der Waals surface area contributed by atoms with E-state index in [1.54, 1.807) is 6.08 Å². The van der Waals surface area contributed by atoms with Crippen molar-refractivity contribution in [3.05, 3.63) is 60.2 Å². The average Bonchev–Trinajstić information content (AvgIpc) is 2.25. The summed E-state index contributed by atoms with van der Waals surface area (Å²) in [7, 11) is 0. The fourth-order valence-corrected chi connectivity index (χ4v) is 1.58. The minimum atomic E-state index is 0.308. The number of allylic oxidation sites excluding steroid dienone is 3. The topological polar surface area (TPSA) is 17.1 Å². The van der Waals surface area contributed by atoms with Crippen molar-refractivity contribution < 1.29 is 4.79 Å². The zero-order chi connectivity index (χ0) is 11.1. The van der Waals surface area contributed by atoms with E-state index in [1.807, 2.05) is 31.2 Å². The van der Waals surface area contributed by atoms with Gasteiger partial charge in [0.2, 0.25) is 0 Å². The lowest BCUT2D eigenvalue weighted by Gasteiger charge is -2.15. The first-order chi connectivity index (χ1) is 7.25. The molecule has 0 saturated carbocycles. The molecule has 1 unspecified atom stereocenters. The van der Waals surface area contributed by atoms with Crippen molar-refractivity contribution in [1.29, 1.82) is 0 Å². The minimum absolute atomic E-state index is 0.308. The van der Waals surface area contributed by atoms with Gasteiger partial charge in [0.25, 0.3) is 0 Å². The number of rotatable bonds is 5. The molecule has 1 rings (SSSR count). The first kappa shape index (κ1) is 11.4. The first-order valence-electron chi connectivity index (χ1n) is 5.06. The quantitative estimate of drug-likeness (QED) is 0.404. The van der Waals surface area contributed by atoms with Gasteiger partial charge in [0, 0.05) is 5.92 Å². The highest BCUT2D eigenvalue weighted by molar-refractivity contribution is 5.64. The van der Waals surface area contributed by atoms with E-state index >= 15 is 0 Å². The number of hydrogen-bond acceptors (Lipinski definition) is 1. The second kappa shape index (κ2) is 5.97. The van der Waals surface area contributed by atoms with Crippen molar-refractivity contribution in [2.45, 2.75) is 19.3 Å². The molecule has 0 aliphatic rings. The molecule has 0 aliphatic heterocycles. The number of aldehydes is 1. The van der Waals surface area contributed by atoms with Gasteiger partial charge in [-0.15, -0.1) is 0 Å². The molecule has 0 aliphatic carbocycles. The highest BCUT2D eigenvalue weighted by Crippen LogP contribution is 2.26. The largest absolute Gasteiger partial charge is 0.299 e. The first-order valence-corrected chi connectivity index (χ1v) is 5.06. The third-order valence-corrected chi connectivity index (χ3v) is 2.38. The van der Waals surface area contributed by atoms with E-state index in [0.717, 1.165) is 18.3 Å². The lowest BCUT2D eigenvalue weighted by atomic mass is 9.90. The molecule has 0 fully saturated rings. The third-order valence-electron chi connectivity index (χ3n) is 2.38. The normalized spacial score (nSPS) is 12.6. The van der Waals surface area contributed by atoms with Crippen LogP contribution in [0.5, 0.6) is 0 Å². The molecule has 0 radical (unpaired) electrons. The molecule has 0 heterocycles. The molecule has 0 spiro atoms. The Bertz CT molecular complexity index is 349. The monoisotopic (exact) mass is 200 g/mol. The van der Waals surface area contributed by atoms with Crippen LogP contribution in [-0.4, -0.2) is 6.29 Å². The fourth-order valence-electron chi connectivity index (χ4n) is 1.58. The Morgan fingerprint density at radius 1 is 1.40 bits per heavy atom. The maximum atomic E-state index is 10.2. The Labute approximate surface area is 91.1 Å². The van der Waals surface area contributed by atoms with E-state index in [9.17, 15) is 4.79 Å². The maximum absolute atomic E-state index is 10.2. The predicted octanol–water partition coefficient (Wildman–Crippen LogP) is 3.49. The van der Waals surface area contributed by atoms with Gasteiger partial charge in [-0.1, -0.05) is 48.6 Å². The molecule has 0 bridgehead atoms. The van der Waals surface area contributed by atoms with Crippen molar-refractivity contribution in [3.8, 4) is 0 Å². The van der Waals surface area contributed by atoms with Gasteiger partial charge in [-0.05, 0) is 25.0 Å². The summed E-state index contributed by atoms with van der Waals surface area (Å²) in [5.74, 6) is 0.308. The van der Waals surface area contributed by atoms with Gasteiger partial charge >= 0.3 is 0 Å². The van der Waals surface area contributed by atoms with Gasteiger partial charge in [0.05, 0.1) is 0 Å². The number of carbonyl (C=O) groups excluding carboxylic acids is 1. The number of hydrogen-bond donors (Lipinski definition) is 0. The van der Waals surface area contributed by atoms with Crippen LogP contribution < -0.4 is 0 Å². The van der Waals surface area contributed by atoms with Crippen LogP contribution in [0.3, 0.4) is 0 Å². The highest BCUT2D eigenvalue weighted by Gasteiger charge is 2.09. The van der Waals surface area contributed by atoms with Crippen molar-refractivity contribution in [2.75, 3.05) is 0 Å². The summed E-state index contributed by atoms with van der Waals surface area (Å²) in [6.45, 7) is 6.01. The molecule has 1 aromatic rings. The van der Waals surface area contributed by atoms with Crippen LogP contribution in [0, 0.1) is 0 Å². The Hall–Kier alpha value is -1.63. The summed E-state index contributed by atoms with van der Waals surface area (Å²) in [6.07, 6.45) is 5.07. The third kappa shape index (κ3) is 3.55. The SMILES string of the molecule is C=C(C)C(C/C=C/C=O)c1ccccc1. The van der Waals surface area contributed by atoms with E-state index in [4.69, 9.17) is 0 Å². The molecule has 1 atom stereocenters. The Kier molecular flexibility index (Phi) is 4.55. The van der Waals surface area contributed by atoms with E-state index in [2.05, 4.69) is 18.7 Å². The molecule has 1 nitrogen and oxygen atoms in total. The fraction of sp³-hybridized carbons (Fsp3) is 0.214. The lowest BCUT2D eigenvalue weighted by molar-refractivity contribution is -0.104. The van der Waals surface area contributed by atoms with E-state index < -0.39 is 0 Å². The summed E-state index contributed by atoms with van der Waals surface area (Å²) < 4.78 is 0. The Morgan fingerprint density at radius 3 is 2.60 bits per heavy atom. The molecule has 0 aromatic heterocycles. The lowest BCUT2D eigenvalue weighted by Crippen LogP contribution is -1.98. The number of benzene rings is 1. The standard InChI is InChI=1S/C14H16O/c1-12(2)14(10-6-7-11-15)13-8-4-3-5-9-13/h3-9,11,14H,1,10H2,2H3/b7-6+. The molecule has 1 aromatic carbocycles. The van der Waals surface area contributed by atoms with Crippen molar-refractivity contribution >= 4 is 6.29 Å². The van der Waals surface area contributed by atoms with Crippen molar-refractivity contribution in [2.24, 2.45) is 0 Å². The Balaban J connectivity index is 2.79. The summed E-state index contributed by atoms with van der Waals surface area (Å²) in [4.78, 5) is 10.2. The van der Waals surface area contributed by atoms with E-state index in [-0.39, 0.29) is 0 Å². The van der Waals surface area contributed by atoms with Crippen LogP contribution >= 0.6 is 0 Å². The van der Waals surface area contributed by atoms with Crippen LogP contribution in [-0.2, 0) is 4.79 Å². The van der Waals surface area contributed by atoms with Gasteiger partial charge in [0.1, 0.15) is 6.29 Å². The van der Waals surface area contributed by atoms with Gasteiger partial charge in [-0.3, -0.25) is 4.79 Å². The average molecular weight is 200 g/mol. The molecular weight excluding hydrogens is 184 g/mol. The summed E-state index contributed by atoms with van der Waals surface area (Å²) >= 11 is 0. The molecule has 78 valence electrons. The van der Waals surface area contributed by atoms with E-state index in [0.29, 0.717) is 5.92 Å². The van der Waals surface area contributed by atoms with Crippen LogP contribution in [0.25, 0.3) is 0 Å². The second-order valence-corrected chi connectivity index (χ2v) is 3.61. The highest BCUT2D eigenvalue weighted by atomic mass is 16.1. The number of carbonyl (C=O) groups is 1. The minimum Gasteiger partial charge on any atom is -0.299 e. The van der Waals surface area contributed by atoms with Crippen molar-refractivity contribution in [3.63, 3.8) is 0 Å². The molecule has 0 saturated heterocycles. The van der Waals surface area contributed by atoms with E-state index in [1.165, 1.54) is 5.56 Å². The van der Waals surface area contributed by atoms with Gasteiger partial charge in [-0.25, -0.2) is 0 Å².